The lowest BCUT2D eigenvalue weighted by Crippen LogP contribution is -2.05. The molecular weight excluding hydrogens is 188 g/mol. The second-order valence-corrected chi connectivity index (χ2v) is 4.16. The van der Waals surface area contributed by atoms with E-state index in [2.05, 4.69) is 33.4 Å². The summed E-state index contributed by atoms with van der Waals surface area (Å²) in [5, 5.41) is 0. The Balaban J connectivity index is 2.81. The van der Waals surface area contributed by atoms with E-state index in [-0.39, 0.29) is 0 Å². The zero-order valence-electron chi connectivity index (χ0n) is 9.87. The highest BCUT2D eigenvalue weighted by Crippen LogP contribution is 2.18. The Labute approximate surface area is 89.4 Å². The Bertz CT molecular complexity index is 511. The van der Waals surface area contributed by atoms with Crippen molar-refractivity contribution in [3.63, 3.8) is 0 Å². The van der Waals surface area contributed by atoms with Crippen molar-refractivity contribution in [2.24, 2.45) is 0 Å². The van der Waals surface area contributed by atoms with Gasteiger partial charge in [0, 0.05) is 6.04 Å². The fourth-order valence-corrected chi connectivity index (χ4v) is 1.79. The lowest BCUT2D eigenvalue weighted by Gasteiger charge is -2.09. The maximum atomic E-state index is 4.56. The summed E-state index contributed by atoms with van der Waals surface area (Å²) in [7, 11) is 0. The average molecular weight is 204 g/mol. The van der Waals surface area contributed by atoms with E-state index in [4.69, 9.17) is 0 Å². The van der Waals surface area contributed by atoms with E-state index >= 15 is 0 Å². The van der Waals surface area contributed by atoms with Gasteiger partial charge in [-0.2, -0.15) is 0 Å². The monoisotopic (exact) mass is 204 g/mol. The summed E-state index contributed by atoms with van der Waals surface area (Å²) in [4.78, 5) is 13.4. The van der Waals surface area contributed by atoms with Crippen LogP contribution in [0.2, 0.25) is 0 Å². The molecule has 2 rings (SSSR count). The third-order valence-electron chi connectivity index (χ3n) is 2.63. The van der Waals surface area contributed by atoms with Gasteiger partial charge < -0.3 is 4.57 Å². The Morgan fingerprint density at radius 3 is 2.13 bits per heavy atom. The van der Waals surface area contributed by atoms with Crippen molar-refractivity contribution < 1.29 is 0 Å². The van der Waals surface area contributed by atoms with E-state index in [9.17, 15) is 0 Å². The third kappa shape index (κ3) is 1.50. The van der Waals surface area contributed by atoms with Crippen LogP contribution in [0, 0.1) is 20.8 Å². The molecule has 4 heteroatoms. The maximum Gasteiger partial charge on any atom is 0.197 e. The van der Waals surface area contributed by atoms with Gasteiger partial charge in [-0.15, -0.1) is 0 Å². The summed E-state index contributed by atoms with van der Waals surface area (Å²) in [6.45, 7) is 10.2. The van der Waals surface area contributed by atoms with Gasteiger partial charge in [-0.05, 0) is 34.6 Å². The van der Waals surface area contributed by atoms with E-state index < -0.39 is 0 Å². The van der Waals surface area contributed by atoms with Gasteiger partial charge in [0.2, 0.25) is 0 Å². The zero-order valence-corrected chi connectivity index (χ0v) is 9.87. The molecule has 80 valence electrons. The van der Waals surface area contributed by atoms with Crippen LogP contribution < -0.4 is 0 Å². The lowest BCUT2D eigenvalue weighted by atomic mass is 10.3. The number of aryl methyl sites for hydroxylation is 3. The molecule has 0 unspecified atom stereocenters. The van der Waals surface area contributed by atoms with Crippen molar-refractivity contribution >= 4 is 11.3 Å². The summed E-state index contributed by atoms with van der Waals surface area (Å²) >= 11 is 0. The molecule has 0 atom stereocenters. The fourth-order valence-electron chi connectivity index (χ4n) is 1.79. The SMILES string of the molecule is Cc1nc2nc(C)n(C(C)C)c2nc1C. The minimum Gasteiger partial charge on any atom is -0.309 e. The quantitative estimate of drug-likeness (QED) is 0.716. The standard InChI is InChI=1S/C11H16N4/c1-6(2)15-9(5)14-10-11(15)13-8(4)7(3)12-10/h6H,1-5H3. The molecule has 15 heavy (non-hydrogen) atoms. The molecule has 0 aromatic carbocycles. The molecule has 0 radical (unpaired) electrons. The molecule has 0 spiro atoms. The molecular formula is C11H16N4. The second kappa shape index (κ2) is 3.29. The minimum absolute atomic E-state index is 0.367. The van der Waals surface area contributed by atoms with Crippen LogP contribution in [0.25, 0.3) is 11.3 Å². The number of hydrogen-bond donors (Lipinski definition) is 0. The predicted octanol–water partition coefficient (Wildman–Crippen LogP) is 2.33. The summed E-state index contributed by atoms with van der Waals surface area (Å²) in [6, 6.07) is 0.367. The Morgan fingerprint density at radius 2 is 1.53 bits per heavy atom. The molecule has 0 N–H and O–H groups in total. The summed E-state index contributed by atoms with van der Waals surface area (Å²) in [5.41, 5.74) is 3.58. The van der Waals surface area contributed by atoms with Crippen LogP contribution in [0.3, 0.4) is 0 Å². The highest BCUT2D eigenvalue weighted by atomic mass is 15.2. The molecule has 4 nitrogen and oxygen atoms in total. The van der Waals surface area contributed by atoms with Crippen molar-refractivity contribution in [3.8, 4) is 0 Å². The number of fused-ring (bicyclic) bond motifs is 1. The van der Waals surface area contributed by atoms with Gasteiger partial charge in [-0.3, -0.25) is 0 Å². The number of imidazole rings is 1. The summed E-state index contributed by atoms with van der Waals surface area (Å²) < 4.78 is 2.12. The molecule has 0 aliphatic rings. The first-order valence-corrected chi connectivity index (χ1v) is 5.20. The summed E-state index contributed by atoms with van der Waals surface area (Å²) in [5.74, 6) is 0.977. The molecule has 0 aliphatic heterocycles. The van der Waals surface area contributed by atoms with E-state index in [1.54, 1.807) is 0 Å². The number of aromatic nitrogens is 4. The van der Waals surface area contributed by atoms with Crippen LogP contribution in [0.1, 0.15) is 37.1 Å². The highest BCUT2D eigenvalue weighted by Gasteiger charge is 2.13. The fraction of sp³-hybridized carbons (Fsp3) is 0.545. The van der Waals surface area contributed by atoms with Crippen LogP contribution in [0.4, 0.5) is 0 Å². The number of rotatable bonds is 1. The van der Waals surface area contributed by atoms with E-state index in [1.807, 2.05) is 20.8 Å². The first kappa shape index (κ1) is 10.1. The molecule has 0 amide bonds. The number of hydrogen-bond acceptors (Lipinski definition) is 3. The van der Waals surface area contributed by atoms with E-state index in [0.29, 0.717) is 6.04 Å². The van der Waals surface area contributed by atoms with Gasteiger partial charge in [-0.25, -0.2) is 15.0 Å². The largest absolute Gasteiger partial charge is 0.309 e. The summed E-state index contributed by atoms with van der Waals surface area (Å²) in [6.07, 6.45) is 0. The lowest BCUT2D eigenvalue weighted by molar-refractivity contribution is 0.595. The molecule has 2 aromatic heterocycles. The first-order chi connectivity index (χ1) is 7.00. The van der Waals surface area contributed by atoms with Crippen LogP contribution >= 0.6 is 0 Å². The van der Waals surface area contributed by atoms with Crippen LogP contribution in [0.5, 0.6) is 0 Å². The Kier molecular flexibility index (Phi) is 2.21. The van der Waals surface area contributed by atoms with Gasteiger partial charge in [0.1, 0.15) is 5.82 Å². The van der Waals surface area contributed by atoms with E-state index in [0.717, 1.165) is 28.5 Å². The van der Waals surface area contributed by atoms with E-state index in [1.165, 1.54) is 0 Å². The van der Waals surface area contributed by atoms with Crippen molar-refractivity contribution in [2.45, 2.75) is 40.7 Å². The zero-order chi connectivity index (χ0) is 11.2. The predicted molar refractivity (Wildman–Crippen MR) is 59.9 cm³/mol. The van der Waals surface area contributed by atoms with Gasteiger partial charge in [0.15, 0.2) is 11.3 Å². The van der Waals surface area contributed by atoms with Crippen LogP contribution in [-0.2, 0) is 0 Å². The second-order valence-electron chi connectivity index (χ2n) is 4.16. The highest BCUT2D eigenvalue weighted by molar-refractivity contribution is 5.67. The molecule has 0 aliphatic carbocycles. The topological polar surface area (TPSA) is 43.6 Å². The Morgan fingerprint density at radius 1 is 0.933 bits per heavy atom. The molecule has 2 heterocycles. The normalized spacial score (nSPS) is 11.6. The number of nitrogens with zero attached hydrogens (tertiary/aromatic N) is 4. The third-order valence-corrected chi connectivity index (χ3v) is 2.63. The molecule has 2 aromatic rings. The van der Waals surface area contributed by atoms with Gasteiger partial charge >= 0.3 is 0 Å². The van der Waals surface area contributed by atoms with Crippen molar-refractivity contribution in [2.75, 3.05) is 0 Å². The van der Waals surface area contributed by atoms with Crippen molar-refractivity contribution in [1.82, 2.24) is 19.5 Å². The molecule has 0 fully saturated rings. The van der Waals surface area contributed by atoms with Crippen molar-refractivity contribution in [1.29, 1.82) is 0 Å². The van der Waals surface area contributed by atoms with Gasteiger partial charge in [0.05, 0.1) is 11.4 Å². The molecule has 0 saturated heterocycles. The van der Waals surface area contributed by atoms with Crippen LogP contribution in [0.15, 0.2) is 0 Å². The maximum absolute atomic E-state index is 4.56. The minimum atomic E-state index is 0.367. The average Bonchev–Trinajstić information content (AvgIpc) is 2.41. The first-order valence-electron chi connectivity index (χ1n) is 5.20. The van der Waals surface area contributed by atoms with Gasteiger partial charge in [0.25, 0.3) is 0 Å². The Hall–Kier alpha value is -1.45. The smallest absolute Gasteiger partial charge is 0.197 e. The molecule has 0 saturated carbocycles. The van der Waals surface area contributed by atoms with Crippen LogP contribution in [-0.4, -0.2) is 19.5 Å². The van der Waals surface area contributed by atoms with Gasteiger partial charge in [-0.1, -0.05) is 0 Å². The van der Waals surface area contributed by atoms with Crippen molar-refractivity contribution in [3.05, 3.63) is 17.2 Å². The molecule has 0 bridgehead atoms.